The largest absolute Gasteiger partial charge is 0.478 e. The molecule has 2 N–H and O–H groups in total. The fourth-order valence-corrected chi connectivity index (χ4v) is 1.84. The number of carboxylic acids is 2. The molecule has 2 aromatic heterocycles. The van der Waals surface area contributed by atoms with Crippen LogP contribution in [0.5, 0.6) is 0 Å². The van der Waals surface area contributed by atoms with E-state index in [1.54, 1.807) is 26.0 Å². The quantitative estimate of drug-likeness (QED) is 0.887. The van der Waals surface area contributed by atoms with Crippen molar-refractivity contribution in [2.24, 2.45) is 0 Å². The van der Waals surface area contributed by atoms with Crippen molar-refractivity contribution in [3.05, 3.63) is 46.8 Å². The first-order valence-corrected chi connectivity index (χ1v) is 5.80. The normalized spacial score (nSPS) is 10.3. The Morgan fingerprint density at radius 1 is 0.850 bits per heavy atom. The summed E-state index contributed by atoms with van der Waals surface area (Å²) in [5, 5.41) is 17.9. The Labute approximate surface area is 114 Å². The second kappa shape index (κ2) is 5.08. The average Bonchev–Trinajstić information content (AvgIpc) is 2.37. The van der Waals surface area contributed by atoms with Crippen LogP contribution < -0.4 is 0 Å². The summed E-state index contributed by atoms with van der Waals surface area (Å²) in [6, 6.07) is 3.23. The summed E-state index contributed by atoms with van der Waals surface area (Å²) in [5.74, 6) is -2.07. The van der Waals surface area contributed by atoms with Crippen LogP contribution in [0.1, 0.15) is 31.8 Å². The van der Waals surface area contributed by atoms with Gasteiger partial charge >= 0.3 is 11.9 Å². The number of rotatable bonds is 3. The number of nitrogens with zero attached hydrogens (tertiary/aromatic N) is 2. The third kappa shape index (κ3) is 2.49. The molecule has 20 heavy (non-hydrogen) atoms. The second-order valence-corrected chi connectivity index (χ2v) is 4.38. The van der Waals surface area contributed by atoms with Crippen molar-refractivity contribution in [2.45, 2.75) is 13.8 Å². The van der Waals surface area contributed by atoms with Gasteiger partial charge in [0, 0.05) is 12.4 Å². The Bertz CT molecular complexity index is 649. The van der Waals surface area contributed by atoms with Crippen molar-refractivity contribution in [3.63, 3.8) is 0 Å². The Morgan fingerprint density at radius 2 is 1.20 bits per heavy atom. The fraction of sp³-hybridized carbons (Fsp3) is 0.143. The number of pyridine rings is 2. The molecule has 0 spiro atoms. The standard InChI is InChI=1S/C14H12N2O4/c1-7-3-11(15-5-9(7)13(17)18)12-4-8(2)10(6-16-12)14(19)20/h3-6H,1-2H3,(H,17,18)(H,19,20). The number of hydrogen-bond donors (Lipinski definition) is 2. The molecule has 2 aromatic rings. The highest BCUT2D eigenvalue weighted by atomic mass is 16.4. The Hall–Kier alpha value is -2.76. The number of carbonyl (C=O) groups is 2. The van der Waals surface area contributed by atoms with Crippen LogP contribution in [-0.2, 0) is 0 Å². The Balaban J connectivity index is 2.47. The first kappa shape index (κ1) is 13.7. The van der Waals surface area contributed by atoms with Crippen molar-refractivity contribution >= 4 is 11.9 Å². The van der Waals surface area contributed by atoms with Crippen LogP contribution >= 0.6 is 0 Å². The number of aromatic carboxylic acids is 2. The lowest BCUT2D eigenvalue weighted by Crippen LogP contribution is -2.03. The van der Waals surface area contributed by atoms with Crippen molar-refractivity contribution in [2.75, 3.05) is 0 Å². The van der Waals surface area contributed by atoms with Crippen molar-refractivity contribution < 1.29 is 19.8 Å². The molecule has 102 valence electrons. The first-order chi connectivity index (χ1) is 9.40. The number of aryl methyl sites for hydroxylation is 2. The molecule has 0 saturated carbocycles. The van der Waals surface area contributed by atoms with Gasteiger partial charge in [-0.15, -0.1) is 0 Å². The van der Waals surface area contributed by atoms with Crippen LogP contribution in [0.25, 0.3) is 11.4 Å². The summed E-state index contributed by atoms with van der Waals surface area (Å²) >= 11 is 0. The van der Waals surface area contributed by atoms with Crippen LogP contribution in [-0.4, -0.2) is 32.1 Å². The van der Waals surface area contributed by atoms with Gasteiger partial charge in [0.15, 0.2) is 0 Å². The van der Waals surface area contributed by atoms with E-state index in [1.165, 1.54) is 12.4 Å². The molecular formula is C14H12N2O4. The minimum atomic E-state index is -1.04. The van der Waals surface area contributed by atoms with Crippen LogP contribution in [0.15, 0.2) is 24.5 Å². The van der Waals surface area contributed by atoms with E-state index in [1.807, 2.05) is 0 Å². The first-order valence-electron chi connectivity index (χ1n) is 5.80. The Morgan fingerprint density at radius 3 is 1.45 bits per heavy atom. The summed E-state index contributed by atoms with van der Waals surface area (Å²) in [6.07, 6.45) is 2.55. The lowest BCUT2D eigenvalue weighted by atomic mass is 10.1. The van der Waals surface area contributed by atoms with E-state index in [2.05, 4.69) is 9.97 Å². The zero-order valence-corrected chi connectivity index (χ0v) is 10.9. The van der Waals surface area contributed by atoms with E-state index in [9.17, 15) is 9.59 Å². The number of hydrogen-bond acceptors (Lipinski definition) is 4. The molecule has 2 heterocycles. The summed E-state index contributed by atoms with van der Waals surface area (Å²) < 4.78 is 0. The zero-order chi connectivity index (χ0) is 14.9. The maximum atomic E-state index is 10.9. The highest BCUT2D eigenvalue weighted by molar-refractivity contribution is 5.90. The predicted octanol–water partition coefficient (Wildman–Crippen LogP) is 2.16. The molecule has 6 heteroatoms. The lowest BCUT2D eigenvalue weighted by molar-refractivity contribution is 0.0684. The van der Waals surface area contributed by atoms with E-state index in [-0.39, 0.29) is 11.1 Å². The monoisotopic (exact) mass is 272 g/mol. The minimum Gasteiger partial charge on any atom is -0.478 e. The molecule has 0 amide bonds. The highest BCUT2D eigenvalue weighted by Gasteiger charge is 2.12. The molecule has 0 unspecified atom stereocenters. The maximum Gasteiger partial charge on any atom is 0.337 e. The van der Waals surface area contributed by atoms with Gasteiger partial charge in [-0.3, -0.25) is 9.97 Å². The molecular weight excluding hydrogens is 260 g/mol. The molecule has 2 rings (SSSR count). The molecule has 0 aromatic carbocycles. The highest BCUT2D eigenvalue weighted by Crippen LogP contribution is 2.20. The average molecular weight is 272 g/mol. The molecule has 0 atom stereocenters. The molecule has 0 aliphatic heterocycles. The molecule has 0 bridgehead atoms. The predicted molar refractivity (Wildman–Crippen MR) is 70.9 cm³/mol. The van der Waals surface area contributed by atoms with Gasteiger partial charge < -0.3 is 10.2 Å². The van der Waals surface area contributed by atoms with E-state index in [0.717, 1.165) is 0 Å². The van der Waals surface area contributed by atoms with E-state index in [0.29, 0.717) is 22.5 Å². The molecule has 0 fully saturated rings. The fourth-order valence-electron chi connectivity index (χ4n) is 1.84. The summed E-state index contributed by atoms with van der Waals surface area (Å²) in [6.45, 7) is 3.35. The smallest absolute Gasteiger partial charge is 0.337 e. The SMILES string of the molecule is Cc1cc(-c2cc(C)c(C(=O)O)cn2)ncc1C(=O)O. The van der Waals surface area contributed by atoms with Gasteiger partial charge in [0.05, 0.1) is 22.5 Å². The van der Waals surface area contributed by atoms with Crippen molar-refractivity contribution in [3.8, 4) is 11.4 Å². The summed E-state index contributed by atoms with van der Waals surface area (Å²) in [7, 11) is 0. The number of carboxylic acid groups (broad SMARTS) is 2. The van der Waals surface area contributed by atoms with Crippen LogP contribution in [0.3, 0.4) is 0 Å². The maximum absolute atomic E-state index is 10.9. The zero-order valence-electron chi connectivity index (χ0n) is 10.9. The molecule has 6 nitrogen and oxygen atoms in total. The topological polar surface area (TPSA) is 100 Å². The molecule has 0 aliphatic rings. The van der Waals surface area contributed by atoms with Gasteiger partial charge in [-0.05, 0) is 37.1 Å². The van der Waals surface area contributed by atoms with E-state index >= 15 is 0 Å². The molecule has 0 radical (unpaired) electrons. The second-order valence-electron chi connectivity index (χ2n) is 4.38. The van der Waals surface area contributed by atoms with Gasteiger partial charge in [-0.25, -0.2) is 9.59 Å². The minimum absolute atomic E-state index is 0.132. The van der Waals surface area contributed by atoms with Crippen molar-refractivity contribution in [1.82, 2.24) is 9.97 Å². The van der Waals surface area contributed by atoms with Gasteiger partial charge in [0.2, 0.25) is 0 Å². The molecule has 0 aliphatic carbocycles. The third-order valence-corrected chi connectivity index (χ3v) is 2.94. The van der Waals surface area contributed by atoms with Crippen LogP contribution in [0, 0.1) is 13.8 Å². The van der Waals surface area contributed by atoms with Gasteiger partial charge in [-0.1, -0.05) is 0 Å². The summed E-state index contributed by atoms with van der Waals surface area (Å²) in [4.78, 5) is 30.0. The van der Waals surface area contributed by atoms with Crippen molar-refractivity contribution in [1.29, 1.82) is 0 Å². The Kier molecular flexibility index (Phi) is 3.47. The van der Waals surface area contributed by atoms with Gasteiger partial charge in [-0.2, -0.15) is 0 Å². The van der Waals surface area contributed by atoms with E-state index in [4.69, 9.17) is 10.2 Å². The van der Waals surface area contributed by atoms with Gasteiger partial charge in [0.25, 0.3) is 0 Å². The van der Waals surface area contributed by atoms with Gasteiger partial charge in [0.1, 0.15) is 0 Å². The van der Waals surface area contributed by atoms with E-state index < -0.39 is 11.9 Å². The summed E-state index contributed by atoms with van der Waals surface area (Å²) in [5.41, 5.74) is 2.42. The molecule has 0 saturated heterocycles. The van der Waals surface area contributed by atoms with Crippen LogP contribution in [0.2, 0.25) is 0 Å². The lowest BCUT2D eigenvalue weighted by Gasteiger charge is -2.06. The van der Waals surface area contributed by atoms with Crippen LogP contribution in [0.4, 0.5) is 0 Å². The number of aromatic nitrogens is 2. The third-order valence-electron chi connectivity index (χ3n) is 2.94.